The van der Waals surface area contributed by atoms with Gasteiger partial charge in [0, 0.05) is 19.5 Å². The molecule has 0 fully saturated rings. The Balaban J connectivity index is 1.67. The Morgan fingerprint density at radius 1 is 1.53 bits per heavy atom. The van der Waals surface area contributed by atoms with Gasteiger partial charge in [-0.1, -0.05) is 0 Å². The van der Waals surface area contributed by atoms with Crippen LogP contribution in [-0.2, 0) is 13.0 Å². The van der Waals surface area contributed by atoms with E-state index in [0.717, 1.165) is 31.2 Å². The Labute approximate surface area is 92.8 Å². The highest BCUT2D eigenvalue weighted by molar-refractivity contribution is 7.07. The van der Waals surface area contributed by atoms with Gasteiger partial charge in [0.25, 0.3) is 0 Å². The predicted molar refractivity (Wildman–Crippen MR) is 60.8 cm³/mol. The van der Waals surface area contributed by atoms with Gasteiger partial charge in [0.15, 0.2) is 5.82 Å². The Hall–Kier alpha value is -1.20. The first kappa shape index (κ1) is 10.3. The van der Waals surface area contributed by atoms with E-state index in [1.54, 1.807) is 11.3 Å². The second-order valence-corrected chi connectivity index (χ2v) is 4.18. The summed E-state index contributed by atoms with van der Waals surface area (Å²) in [6.45, 7) is 3.75. The molecule has 2 rings (SSSR count). The molecule has 0 aliphatic heterocycles. The van der Waals surface area contributed by atoms with Crippen molar-refractivity contribution in [3.8, 4) is 0 Å². The molecular formula is C10H14N4S. The van der Waals surface area contributed by atoms with Gasteiger partial charge in [0.05, 0.1) is 0 Å². The van der Waals surface area contributed by atoms with Crippen LogP contribution in [0, 0.1) is 6.92 Å². The van der Waals surface area contributed by atoms with E-state index in [-0.39, 0.29) is 0 Å². The van der Waals surface area contributed by atoms with E-state index >= 15 is 0 Å². The molecule has 0 saturated carbocycles. The highest BCUT2D eigenvalue weighted by atomic mass is 32.1. The number of aromatic nitrogens is 3. The van der Waals surface area contributed by atoms with Gasteiger partial charge >= 0.3 is 0 Å². The van der Waals surface area contributed by atoms with Crippen LogP contribution in [0.3, 0.4) is 0 Å². The molecule has 4 nitrogen and oxygen atoms in total. The summed E-state index contributed by atoms with van der Waals surface area (Å²) in [5.74, 6) is 1.76. The molecule has 15 heavy (non-hydrogen) atoms. The molecule has 2 aromatic heterocycles. The summed E-state index contributed by atoms with van der Waals surface area (Å²) in [6.07, 6.45) is 0.870. The van der Waals surface area contributed by atoms with Crippen LogP contribution in [0.1, 0.15) is 17.2 Å². The van der Waals surface area contributed by atoms with Crippen molar-refractivity contribution in [2.45, 2.75) is 19.9 Å². The van der Waals surface area contributed by atoms with Gasteiger partial charge < -0.3 is 5.32 Å². The minimum Gasteiger partial charge on any atom is -0.312 e. The maximum absolute atomic E-state index is 4.24. The summed E-state index contributed by atoms with van der Waals surface area (Å²) in [6, 6.07) is 2.13. The van der Waals surface area contributed by atoms with Gasteiger partial charge in [-0.25, -0.2) is 4.98 Å². The van der Waals surface area contributed by atoms with Crippen molar-refractivity contribution < 1.29 is 0 Å². The van der Waals surface area contributed by atoms with Gasteiger partial charge in [0.2, 0.25) is 0 Å². The molecule has 0 saturated heterocycles. The summed E-state index contributed by atoms with van der Waals surface area (Å²) >= 11 is 1.73. The second kappa shape index (κ2) is 5.04. The maximum Gasteiger partial charge on any atom is 0.151 e. The van der Waals surface area contributed by atoms with Crippen LogP contribution >= 0.6 is 11.3 Å². The fraction of sp³-hybridized carbons (Fsp3) is 0.400. The summed E-state index contributed by atoms with van der Waals surface area (Å²) in [7, 11) is 0. The fourth-order valence-electron chi connectivity index (χ4n) is 1.33. The lowest BCUT2D eigenvalue weighted by molar-refractivity contribution is 0.673. The zero-order valence-corrected chi connectivity index (χ0v) is 9.47. The lowest BCUT2D eigenvalue weighted by Gasteiger charge is -2.00. The average Bonchev–Trinajstić information content (AvgIpc) is 2.84. The molecule has 2 N–H and O–H groups in total. The monoisotopic (exact) mass is 222 g/mol. The van der Waals surface area contributed by atoms with Crippen LogP contribution in [0.5, 0.6) is 0 Å². The number of hydrogen-bond acceptors (Lipinski definition) is 4. The topological polar surface area (TPSA) is 53.6 Å². The molecule has 0 atom stereocenters. The van der Waals surface area contributed by atoms with Crippen molar-refractivity contribution in [2.75, 3.05) is 6.54 Å². The minimum atomic E-state index is 0.870. The highest BCUT2D eigenvalue weighted by Gasteiger charge is 1.98. The number of aryl methyl sites for hydroxylation is 1. The van der Waals surface area contributed by atoms with Crippen molar-refractivity contribution in [3.63, 3.8) is 0 Å². The standard InChI is InChI=1S/C10H14N4S/c1-8-12-10(14-13-8)2-4-11-6-9-3-5-15-7-9/h3,5,7,11H,2,4,6H2,1H3,(H,12,13,14). The largest absolute Gasteiger partial charge is 0.312 e. The van der Waals surface area contributed by atoms with E-state index in [1.165, 1.54) is 5.56 Å². The second-order valence-electron chi connectivity index (χ2n) is 3.40. The van der Waals surface area contributed by atoms with E-state index in [9.17, 15) is 0 Å². The predicted octanol–water partition coefficient (Wildman–Crippen LogP) is 1.51. The molecular weight excluding hydrogens is 208 g/mol. The van der Waals surface area contributed by atoms with Crippen molar-refractivity contribution in [1.82, 2.24) is 20.5 Å². The number of H-pyrrole nitrogens is 1. The van der Waals surface area contributed by atoms with Crippen LogP contribution in [0.2, 0.25) is 0 Å². The normalized spacial score (nSPS) is 10.7. The van der Waals surface area contributed by atoms with Crippen molar-refractivity contribution in [2.24, 2.45) is 0 Å². The van der Waals surface area contributed by atoms with E-state index in [1.807, 2.05) is 6.92 Å². The van der Waals surface area contributed by atoms with Crippen LogP contribution < -0.4 is 5.32 Å². The molecule has 0 amide bonds. The van der Waals surface area contributed by atoms with E-state index in [0.29, 0.717) is 0 Å². The number of nitrogens with one attached hydrogen (secondary N) is 2. The summed E-state index contributed by atoms with van der Waals surface area (Å²) in [4.78, 5) is 4.24. The van der Waals surface area contributed by atoms with E-state index in [4.69, 9.17) is 0 Å². The van der Waals surface area contributed by atoms with Crippen LogP contribution in [-0.4, -0.2) is 21.7 Å². The summed E-state index contributed by atoms with van der Waals surface area (Å²) < 4.78 is 0. The molecule has 0 spiro atoms. The molecule has 5 heteroatoms. The SMILES string of the molecule is Cc1nc(CCNCc2ccsc2)n[nH]1. The van der Waals surface area contributed by atoms with Gasteiger partial charge in [-0.3, -0.25) is 5.10 Å². The molecule has 0 aliphatic carbocycles. The number of nitrogens with zero attached hydrogens (tertiary/aromatic N) is 2. The quantitative estimate of drug-likeness (QED) is 0.754. The Kier molecular flexibility index (Phi) is 3.47. The molecule has 0 aromatic carbocycles. The summed E-state index contributed by atoms with van der Waals surface area (Å²) in [5.41, 5.74) is 1.34. The van der Waals surface area contributed by atoms with Gasteiger partial charge in [-0.2, -0.15) is 16.4 Å². The van der Waals surface area contributed by atoms with Crippen LogP contribution in [0.4, 0.5) is 0 Å². The molecule has 80 valence electrons. The summed E-state index contributed by atoms with van der Waals surface area (Å²) in [5, 5.41) is 14.5. The first-order valence-corrected chi connectivity index (χ1v) is 5.88. The zero-order valence-electron chi connectivity index (χ0n) is 8.66. The third-order valence-corrected chi connectivity index (χ3v) is 2.81. The van der Waals surface area contributed by atoms with Crippen LogP contribution in [0.25, 0.3) is 0 Å². The highest BCUT2D eigenvalue weighted by Crippen LogP contribution is 2.04. The molecule has 2 heterocycles. The van der Waals surface area contributed by atoms with E-state index in [2.05, 4.69) is 37.3 Å². The first-order chi connectivity index (χ1) is 7.34. The number of aromatic amines is 1. The first-order valence-electron chi connectivity index (χ1n) is 4.94. The molecule has 2 aromatic rings. The smallest absolute Gasteiger partial charge is 0.151 e. The lowest BCUT2D eigenvalue weighted by atomic mass is 10.3. The van der Waals surface area contributed by atoms with Crippen LogP contribution in [0.15, 0.2) is 16.8 Å². The van der Waals surface area contributed by atoms with Gasteiger partial charge in [-0.05, 0) is 29.3 Å². The van der Waals surface area contributed by atoms with E-state index < -0.39 is 0 Å². The fourth-order valence-corrected chi connectivity index (χ4v) is 2.00. The van der Waals surface area contributed by atoms with Gasteiger partial charge in [0.1, 0.15) is 5.82 Å². The molecule has 0 aliphatic rings. The van der Waals surface area contributed by atoms with Crippen molar-refractivity contribution >= 4 is 11.3 Å². The Morgan fingerprint density at radius 3 is 3.13 bits per heavy atom. The Bertz CT molecular complexity index is 393. The van der Waals surface area contributed by atoms with Gasteiger partial charge in [-0.15, -0.1) is 0 Å². The lowest BCUT2D eigenvalue weighted by Crippen LogP contribution is -2.16. The van der Waals surface area contributed by atoms with Crippen molar-refractivity contribution in [3.05, 3.63) is 34.0 Å². The number of thiophene rings is 1. The maximum atomic E-state index is 4.24. The Morgan fingerprint density at radius 2 is 2.47 bits per heavy atom. The molecule has 0 radical (unpaired) electrons. The zero-order chi connectivity index (χ0) is 10.5. The van der Waals surface area contributed by atoms with Crippen molar-refractivity contribution in [1.29, 1.82) is 0 Å². The average molecular weight is 222 g/mol. The third-order valence-electron chi connectivity index (χ3n) is 2.08. The third kappa shape index (κ3) is 3.14. The molecule has 0 unspecified atom stereocenters. The number of rotatable bonds is 5. The minimum absolute atomic E-state index is 0.870. The molecule has 0 bridgehead atoms. The number of hydrogen-bond donors (Lipinski definition) is 2.